The molecule has 1 amide bonds. The van der Waals surface area contributed by atoms with E-state index in [1.807, 2.05) is 50.2 Å². The fraction of sp³-hybridized carbons (Fsp3) is 0.276. The van der Waals surface area contributed by atoms with Crippen molar-refractivity contribution in [3.63, 3.8) is 0 Å². The molecule has 0 unspecified atom stereocenters. The average molecular weight is 498 g/mol. The molecule has 1 aliphatic heterocycles. The molecule has 37 heavy (non-hydrogen) atoms. The van der Waals surface area contributed by atoms with E-state index < -0.39 is 0 Å². The first kappa shape index (κ1) is 25.9. The number of likely N-dealkylation sites (N-methyl/N-ethyl adjacent to an activating group) is 1. The molecular formula is C29H31N5O3. The number of aromatic nitrogens is 1. The summed E-state index contributed by atoms with van der Waals surface area (Å²) in [5, 5.41) is 16.8. The van der Waals surface area contributed by atoms with Crippen molar-refractivity contribution in [1.29, 1.82) is 5.26 Å². The molecule has 0 saturated carbocycles. The smallest absolute Gasteiger partial charge is 0.248 e. The van der Waals surface area contributed by atoms with E-state index in [0.29, 0.717) is 53.3 Å². The number of pyridine rings is 1. The maximum atomic E-state index is 12.7. The Kier molecular flexibility index (Phi) is 8.18. The maximum absolute atomic E-state index is 12.7. The minimum absolute atomic E-state index is 0.113. The van der Waals surface area contributed by atoms with Crippen molar-refractivity contribution >= 4 is 39.4 Å². The third-order valence-corrected chi connectivity index (χ3v) is 5.89. The Morgan fingerprint density at radius 2 is 2.19 bits per heavy atom. The van der Waals surface area contributed by atoms with Crippen molar-refractivity contribution in [3.8, 4) is 11.8 Å². The van der Waals surface area contributed by atoms with Crippen LogP contribution >= 0.6 is 0 Å². The first-order chi connectivity index (χ1) is 17.8. The summed E-state index contributed by atoms with van der Waals surface area (Å²) in [7, 11) is 3.86. The predicted octanol–water partition coefficient (Wildman–Crippen LogP) is 5.11. The molecule has 0 spiro atoms. The number of amides is 1. The van der Waals surface area contributed by atoms with Crippen molar-refractivity contribution in [2.24, 2.45) is 0 Å². The normalized spacial score (nSPS) is 15.2. The second-order valence-electron chi connectivity index (χ2n) is 9.27. The van der Waals surface area contributed by atoms with Gasteiger partial charge in [-0.2, -0.15) is 5.26 Å². The molecule has 1 aromatic heterocycles. The van der Waals surface area contributed by atoms with Gasteiger partial charge in [0.05, 0.1) is 35.7 Å². The van der Waals surface area contributed by atoms with Crippen LogP contribution in [0.4, 0.5) is 17.1 Å². The largest absolute Gasteiger partial charge is 0.486 e. The van der Waals surface area contributed by atoms with Gasteiger partial charge in [-0.3, -0.25) is 9.78 Å². The Bertz CT molecular complexity index is 1380. The standard InChI is InChI=1S/C29H31N5O3/c1-19(2)20-7-5-8-22(13-20)32-29-21(16-30)17-31-25-15-27(37-23-10-12-36-18-23)26(14-24(25)29)33-28(35)9-6-11-34(3)4/h5-9,13-15,17,23H,1,10-12,18H2,2-4H3,(H,31,32)(H,33,35)/b9-6+/t23-/m1/s1. The Balaban J connectivity index is 1.77. The highest BCUT2D eigenvalue weighted by molar-refractivity contribution is 6.05. The summed E-state index contributed by atoms with van der Waals surface area (Å²) in [5.41, 5.74) is 4.85. The van der Waals surface area contributed by atoms with Crippen molar-refractivity contribution in [3.05, 3.63) is 72.5 Å². The van der Waals surface area contributed by atoms with Crippen LogP contribution in [0.3, 0.4) is 0 Å². The molecule has 1 atom stereocenters. The molecule has 1 fully saturated rings. The van der Waals surface area contributed by atoms with Crippen LogP contribution in [0.15, 0.2) is 61.3 Å². The molecule has 2 N–H and O–H groups in total. The molecule has 0 radical (unpaired) electrons. The van der Waals surface area contributed by atoms with Crippen LogP contribution in [-0.4, -0.2) is 55.7 Å². The van der Waals surface area contributed by atoms with E-state index in [2.05, 4.69) is 28.3 Å². The number of anilines is 3. The van der Waals surface area contributed by atoms with Crippen LogP contribution < -0.4 is 15.4 Å². The summed E-state index contributed by atoms with van der Waals surface area (Å²) in [4.78, 5) is 19.2. The molecule has 0 bridgehead atoms. The van der Waals surface area contributed by atoms with E-state index in [4.69, 9.17) is 9.47 Å². The number of benzene rings is 2. The van der Waals surface area contributed by atoms with Crippen molar-refractivity contribution in [2.75, 3.05) is 44.5 Å². The molecule has 2 aromatic carbocycles. The molecule has 8 nitrogen and oxygen atoms in total. The number of nitrogens with one attached hydrogen (secondary N) is 2. The summed E-state index contributed by atoms with van der Waals surface area (Å²) in [6.07, 6.45) is 5.48. The summed E-state index contributed by atoms with van der Waals surface area (Å²) in [6.45, 7) is 7.72. The number of allylic oxidation sites excluding steroid dienone is 1. The van der Waals surface area contributed by atoms with Gasteiger partial charge < -0.3 is 25.0 Å². The number of rotatable bonds is 9. The maximum Gasteiger partial charge on any atom is 0.248 e. The van der Waals surface area contributed by atoms with Gasteiger partial charge in [0.15, 0.2) is 0 Å². The van der Waals surface area contributed by atoms with E-state index in [-0.39, 0.29) is 12.0 Å². The number of ether oxygens (including phenoxy) is 2. The molecule has 8 heteroatoms. The van der Waals surface area contributed by atoms with Gasteiger partial charge in [-0.05, 0) is 44.8 Å². The first-order valence-electron chi connectivity index (χ1n) is 12.1. The van der Waals surface area contributed by atoms with Crippen LogP contribution in [-0.2, 0) is 9.53 Å². The second-order valence-corrected chi connectivity index (χ2v) is 9.27. The van der Waals surface area contributed by atoms with Gasteiger partial charge in [0.2, 0.25) is 5.91 Å². The van der Waals surface area contributed by atoms with Crippen LogP contribution in [0.2, 0.25) is 0 Å². The van der Waals surface area contributed by atoms with Gasteiger partial charge in [-0.15, -0.1) is 0 Å². The number of carbonyl (C=O) groups is 1. The van der Waals surface area contributed by atoms with Crippen LogP contribution in [0.5, 0.6) is 5.75 Å². The summed E-state index contributed by atoms with van der Waals surface area (Å²) in [5.74, 6) is 0.228. The number of fused-ring (bicyclic) bond motifs is 1. The van der Waals surface area contributed by atoms with Crippen molar-refractivity contribution in [2.45, 2.75) is 19.4 Å². The zero-order chi connectivity index (χ0) is 26.4. The van der Waals surface area contributed by atoms with Crippen LogP contribution in [0.25, 0.3) is 16.5 Å². The Morgan fingerprint density at radius 1 is 1.35 bits per heavy atom. The third-order valence-electron chi connectivity index (χ3n) is 5.89. The van der Waals surface area contributed by atoms with Gasteiger partial charge in [-0.25, -0.2) is 0 Å². The van der Waals surface area contributed by atoms with Gasteiger partial charge in [0.1, 0.15) is 17.9 Å². The van der Waals surface area contributed by atoms with Crippen LogP contribution in [0.1, 0.15) is 24.5 Å². The zero-order valence-electron chi connectivity index (χ0n) is 21.4. The number of hydrogen-bond acceptors (Lipinski definition) is 7. The zero-order valence-corrected chi connectivity index (χ0v) is 21.4. The Labute approximate surface area is 217 Å². The monoisotopic (exact) mass is 497 g/mol. The Hall–Kier alpha value is -4.19. The fourth-order valence-corrected chi connectivity index (χ4v) is 3.97. The Morgan fingerprint density at radius 3 is 2.89 bits per heavy atom. The minimum Gasteiger partial charge on any atom is -0.486 e. The number of hydrogen-bond donors (Lipinski definition) is 2. The lowest BCUT2D eigenvalue weighted by Crippen LogP contribution is -2.18. The lowest BCUT2D eigenvalue weighted by Gasteiger charge is -2.18. The van der Waals surface area contributed by atoms with Gasteiger partial charge in [-0.1, -0.05) is 30.4 Å². The van der Waals surface area contributed by atoms with Gasteiger partial charge in [0, 0.05) is 42.4 Å². The lowest BCUT2D eigenvalue weighted by molar-refractivity contribution is -0.111. The minimum atomic E-state index is -0.276. The molecule has 1 saturated heterocycles. The van der Waals surface area contributed by atoms with Crippen molar-refractivity contribution in [1.82, 2.24) is 9.88 Å². The summed E-state index contributed by atoms with van der Waals surface area (Å²) < 4.78 is 11.7. The quantitative estimate of drug-likeness (QED) is 0.397. The average Bonchev–Trinajstić information content (AvgIpc) is 3.38. The molecule has 190 valence electrons. The highest BCUT2D eigenvalue weighted by atomic mass is 16.5. The molecule has 1 aliphatic rings. The highest BCUT2D eigenvalue weighted by Crippen LogP contribution is 2.37. The molecule has 3 aromatic rings. The van der Waals surface area contributed by atoms with E-state index in [9.17, 15) is 10.1 Å². The number of nitrogens with zero attached hydrogens (tertiary/aromatic N) is 3. The third kappa shape index (κ3) is 6.53. The lowest BCUT2D eigenvalue weighted by atomic mass is 10.1. The molecular weight excluding hydrogens is 466 g/mol. The first-order valence-corrected chi connectivity index (χ1v) is 12.1. The van der Waals surface area contributed by atoms with Crippen molar-refractivity contribution < 1.29 is 14.3 Å². The topological polar surface area (TPSA) is 99.5 Å². The summed E-state index contributed by atoms with van der Waals surface area (Å²) in [6, 6.07) is 13.6. The number of nitriles is 1. The van der Waals surface area contributed by atoms with E-state index in [0.717, 1.165) is 23.2 Å². The van der Waals surface area contributed by atoms with E-state index >= 15 is 0 Å². The molecule has 0 aliphatic carbocycles. The number of carbonyl (C=O) groups excluding carboxylic acids is 1. The molecule has 4 rings (SSSR count). The van der Waals surface area contributed by atoms with Gasteiger partial charge >= 0.3 is 0 Å². The van der Waals surface area contributed by atoms with E-state index in [1.165, 1.54) is 12.3 Å². The summed E-state index contributed by atoms with van der Waals surface area (Å²) >= 11 is 0. The predicted molar refractivity (Wildman–Crippen MR) is 147 cm³/mol. The van der Waals surface area contributed by atoms with Crippen LogP contribution in [0, 0.1) is 11.3 Å². The highest BCUT2D eigenvalue weighted by Gasteiger charge is 2.21. The SMILES string of the molecule is C=C(C)c1cccc(Nc2c(C#N)cnc3cc(O[C@@H]4CCOC4)c(NC(=O)/C=C/CN(C)C)cc23)c1. The second kappa shape index (κ2) is 11.7. The van der Waals surface area contributed by atoms with E-state index in [1.54, 1.807) is 18.2 Å². The molecule has 2 heterocycles. The fourth-order valence-electron chi connectivity index (χ4n) is 3.97. The van der Waals surface area contributed by atoms with Gasteiger partial charge in [0.25, 0.3) is 0 Å².